The molecule has 5 heterocycles. The average molecular weight is 600 g/mol. The lowest BCUT2D eigenvalue weighted by Crippen LogP contribution is -2.50. The van der Waals surface area contributed by atoms with Crippen molar-refractivity contribution in [3.63, 3.8) is 0 Å². The highest BCUT2D eigenvalue weighted by molar-refractivity contribution is 5.93. The summed E-state index contributed by atoms with van der Waals surface area (Å²) in [5.74, 6) is 1.45. The van der Waals surface area contributed by atoms with Gasteiger partial charge < -0.3 is 15.0 Å². The van der Waals surface area contributed by atoms with Crippen LogP contribution < -0.4 is 5.32 Å². The highest BCUT2D eigenvalue weighted by Crippen LogP contribution is 2.32. The van der Waals surface area contributed by atoms with Gasteiger partial charge in [-0.3, -0.25) is 19.1 Å². The second kappa shape index (κ2) is 13.7. The molecule has 4 aromatic heterocycles. The third kappa shape index (κ3) is 7.91. The Morgan fingerprint density at radius 1 is 1.05 bits per heavy atom. The Labute approximate surface area is 259 Å². The van der Waals surface area contributed by atoms with E-state index in [2.05, 4.69) is 51.1 Å². The molecule has 10 heteroatoms. The molecular weight excluding hydrogens is 554 g/mol. The Morgan fingerprint density at radius 3 is 2.48 bits per heavy atom. The number of carbonyl (C=O) groups excluding carboxylic acids is 2. The van der Waals surface area contributed by atoms with Crippen molar-refractivity contribution in [3.8, 4) is 11.1 Å². The van der Waals surface area contributed by atoms with Crippen LogP contribution in [0.2, 0.25) is 0 Å². The summed E-state index contributed by atoms with van der Waals surface area (Å²) in [6, 6.07) is 6.11. The molecule has 1 aliphatic carbocycles. The van der Waals surface area contributed by atoms with Crippen molar-refractivity contribution >= 4 is 34.9 Å². The van der Waals surface area contributed by atoms with Gasteiger partial charge in [-0.2, -0.15) is 0 Å². The van der Waals surface area contributed by atoms with E-state index in [1.54, 1.807) is 12.4 Å². The van der Waals surface area contributed by atoms with Crippen LogP contribution in [-0.4, -0.2) is 80.0 Å². The van der Waals surface area contributed by atoms with Gasteiger partial charge in [-0.05, 0) is 77.0 Å². The fourth-order valence-corrected chi connectivity index (χ4v) is 5.53. The molecule has 0 atom stereocenters. The quantitative estimate of drug-likeness (QED) is 0.244. The lowest BCUT2D eigenvalue weighted by atomic mass is 10.0. The molecule has 4 aromatic rings. The Balaban J connectivity index is 0.000000195. The van der Waals surface area contributed by atoms with E-state index in [1.165, 1.54) is 24.9 Å². The fourth-order valence-electron chi connectivity index (χ4n) is 5.53. The molecule has 1 saturated carbocycles. The van der Waals surface area contributed by atoms with Gasteiger partial charge >= 0.3 is 6.09 Å². The summed E-state index contributed by atoms with van der Waals surface area (Å²) in [5.41, 5.74) is 5.83. The van der Waals surface area contributed by atoms with Gasteiger partial charge in [-0.1, -0.05) is 13.3 Å². The molecular formula is C34H45N7O3. The topological polar surface area (TPSA) is 105 Å². The van der Waals surface area contributed by atoms with Crippen molar-refractivity contribution in [2.45, 2.75) is 72.3 Å². The van der Waals surface area contributed by atoms with Crippen LogP contribution in [0.25, 0.3) is 27.7 Å². The van der Waals surface area contributed by atoms with Gasteiger partial charge in [0.1, 0.15) is 17.1 Å². The van der Waals surface area contributed by atoms with Gasteiger partial charge in [-0.15, -0.1) is 0 Å². The Hall–Kier alpha value is -4.05. The molecule has 1 aliphatic heterocycles. The number of nitrogens with one attached hydrogen (secondary N) is 1. The zero-order valence-electron chi connectivity index (χ0n) is 26.7. The summed E-state index contributed by atoms with van der Waals surface area (Å²) in [5, 5.41) is 3.57. The van der Waals surface area contributed by atoms with E-state index in [4.69, 9.17) is 4.74 Å². The van der Waals surface area contributed by atoms with Crippen molar-refractivity contribution in [1.29, 1.82) is 0 Å². The largest absolute Gasteiger partial charge is 0.444 e. The number of imidazole rings is 1. The number of hydrogen-bond acceptors (Lipinski definition) is 7. The second-order valence-electron chi connectivity index (χ2n) is 12.9. The van der Waals surface area contributed by atoms with E-state index < -0.39 is 0 Å². The van der Waals surface area contributed by atoms with Crippen LogP contribution in [0, 0.1) is 12.8 Å². The molecule has 234 valence electrons. The van der Waals surface area contributed by atoms with Crippen LogP contribution in [0.5, 0.6) is 0 Å². The number of piperazine rings is 1. The number of pyridine rings is 3. The van der Waals surface area contributed by atoms with E-state index in [9.17, 15) is 9.59 Å². The van der Waals surface area contributed by atoms with Gasteiger partial charge in [0.05, 0.1) is 5.52 Å². The lowest BCUT2D eigenvalue weighted by Gasteiger charge is -2.35. The number of aryl methyl sites for hydroxylation is 2. The van der Waals surface area contributed by atoms with Crippen LogP contribution in [0.1, 0.15) is 64.6 Å². The van der Waals surface area contributed by atoms with Crippen LogP contribution >= 0.6 is 0 Å². The molecule has 10 nitrogen and oxygen atoms in total. The van der Waals surface area contributed by atoms with Crippen LogP contribution in [0.15, 0.2) is 43.0 Å². The van der Waals surface area contributed by atoms with E-state index >= 15 is 0 Å². The molecule has 1 N–H and O–H groups in total. The maximum atomic E-state index is 11.8. The van der Waals surface area contributed by atoms with Crippen molar-refractivity contribution in [1.82, 2.24) is 29.2 Å². The molecule has 2 aliphatic rings. The summed E-state index contributed by atoms with van der Waals surface area (Å²) in [6.07, 6.45) is 14.0. The zero-order valence-corrected chi connectivity index (χ0v) is 26.7. The molecule has 2 fully saturated rings. The maximum Gasteiger partial charge on any atom is 0.410 e. The molecule has 2 amide bonds. The van der Waals surface area contributed by atoms with Crippen molar-refractivity contribution in [3.05, 3.63) is 54.2 Å². The summed E-state index contributed by atoms with van der Waals surface area (Å²) < 4.78 is 7.39. The number of nitrogens with zero attached hydrogens (tertiary/aromatic N) is 6. The fraction of sp³-hybridized carbons (Fsp3) is 0.500. The normalized spacial score (nSPS) is 15.6. The number of rotatable bonds is 8. The van der Waals surface area contributed by atoms with E-state index in [1.807, 2.05) is 48.5 Å². The number of amides is 2. The first-order valence-electron chi connectivity index (χ1n) is 15.8. The number of ether oxygens (including phenoxy) is 1. The summed E-state index contributed by atoms with van der Waals surface area (Å²) >= 11 is 0. The third-order valence-electron chi connectivity index (χ3n) is 8.04. The van der Waals surface area contributed by atoms with E-state index in [0.717, 1.165) is 84.7 Å². The van der Waals surface area contributed by atoms with Gasteiger partial charge in [0.2, 0.25) is 6.41 Å². The van der Waals surface area contributed by atoms with Crippen LogP contribution in [0.3, 0.4) is 0 Å². The van der Waals surface area contributed by atoms with E-state index in [-0.39, 0.29) is 11.7 Å². The number of fused-ring (bicyclic) bond motifs is 3. The minimum Gasteiger partial charge on any atom is -0.444 e. The van der Waals surface area contributed by atoms with Gasteiger partial charge in [0.15, 0.2) is 0 Å². The number of unbranched alkanes of at least 4 members (excludes halogenated alkanes) is 1. The summed E-state index contributed by atoms with van der Waals surface area (Å²) in [7, 11) is 0. The molecule has 44 heavy (non-hydrogen) atoms. The monoisotopic (exact) mass is 599 g/mol. The smallest absolute Gasteiger partial charge is 0.410 e. The molecule has 0 spiro atoms. The summed E-state index contributed by atoms with van der Waals surface area (Å²) in [6.45, 7) is 14.9. The van der Waals surface area contributed by atoms with E-state index in [0.29, 0.717) is 12.2 Å². The highest BCUT2D eigenvalue weighted by atomic mass is 16.6. The van der Waals surface area contributed by atoms with Crippen LogP contribution in [0.4, 0.5) is 10.6 Å². The SMILES string of the molecule is CC(C)(C)OC(=O)N1CCN(CC2CC2)CC1.CCCCc1cc(C)c(-c2cc3cnc(NC=O)cc3n3ccnc23)cn1. The number of aromatic nitrogens is 4. The Bertz CT molecular complexity index is 1600. The third-order valence-corrected chi connectivity index (χ3v) is 8.04. The molecule has 0 radical (unpaired) electrons. The molecule has 6 rings (SSSR count). The van der Waals surface area contributed by atoms with Crippen LogP contribution in [-0.2, 0) is 16.0 Å². The minimum atomic E-state index is -0.387. The number of anilines is 1. The summed E-state index contributed by atoms with van der Waals surface area (Å²) in [4.78, 5) is 40.4. The average Bonchev–Trinajstić information content (AvgIpc) is 3.66. The van der Waals surface area contributed by atoms with Gasteiger partial charge in [0.25, 0.3) is 0 Å². The predicted octanol–water partition coefficient (Wildman–Crippen LogP) is 6.11. The lowest BCUT2D eigenvalue weighted by molar-refractivity contribution is -0.105. The van der Waals surface area contributed by atoms with Gasteiger partial charge in [-0.25, -0.2) is 14.8 Å². The van der Waals surface area contributed by atoms with Crippen molar-refractivity contribution in [2.75, 3.05) is 38.0 Å². The maximum absolute atomic E-state index is 11.8. The Kier molecular flexibility index (Phi) is 9.78. The van der Waals surface area contributed by atoms with Crippen molar-refractivity contribution < 1.29 is 14.3 Å². The zero-order chi connectivity index (χ0) is 31.3. The second-order valence-corrected chi connectivity index (χ2v) is 12.9. The molecule has 0 bridgehead atoms. The predicted molar refractivity (Wildman–Crippen MR) is 174 cm³/mol. The molecule has 0 unspecified atom stereocenters. The highest BCUT2D eigenvalue weighted by Gasteiger charge is 2.29. The van der Waals surface area contributed by atoms with Gasteiger partial charge in [0, 0.05) is 85.8 Å². The molecule has 1 saturated heterocycles. The van der Waals surface area contributed by atoms with Crippen molar-refractivity contribution in [2.24, 2.45) is 5.92 Å². The Morgan fingerprint density at radius 2 is 1.82 bits per heavy atom. The molecule has 0 aromatic carbocycles. The first-order valence-corrected chi connectivity index (χ1v) is 15.8. The number of hydrogen-bond donors (Lipinski definition) is 1. The minimum absolute atomic E-state index is 0.163. The number of carbonyl (C=O) groups is 2. The standard InChI is InChI=1S/C21H21N5O.C13H24N2O2/c1-3-4-5-16-8-14(2)18(12-23-16)17-9-15-11-24-20(25-13-27)10-19(15)26-7-6-22-21(17)26;1-13(2,3)17-12(16)15-8-6-14(7-9-15)10-11-4-5-11/h6-13H,3-5H2,1-2H3,(H,24,25,27);11H,4-10H2,1-3H3. The first kappa shape index (κ1) is 31.4. The first-order chi connectivity index (χ1) is 21.1.